The van der Waals surface area contributed by atoms with E-state index in [2.05, 4.69) is 5.32 Å². The molecule has 2 saturated heterocycles. The first kappa shape index (κ1) is 13.7. The van der Waals surface area contributed by atoms with Crippen LogP contribution in [0.4, 0.5) is 0 Å². The lowest BCUT2D eigenvalue weighted by atomic mass is 9.71. The molecule has 0 unspecified atom stereocenters. The Morgan fingerprint density at radius 1 is 1.15 bits per heavy atom. The molecular formula is C16H25N3O. The molecule has 1 aromatic rings. The van der Waals surface area contributed by atoms with Gasteiger partial charge in [-0.05, 0) is 63.2 Å². The van der Waals surface area contributed by atoms with Crippen LogP contribution in [0.5, 0.6) is 0 Å². The minimum atomic E-state index is 0.199. The number of likely N-dealkylation sites (tertiary alicyclic amines) is 1. The molecule has 2 fully saturated rings. The Hall–Kier alpha value is -1.29. The summed E-state index contributed by atoms with van der Waals surface area (Å²) < 4.78 is 2.00. The number of carbonyl (C=O) groups is 1. The Labute approximate surface area is 121 Å². The molecule has 2 aliphatic rings. The summed E-state index contributed by atoms with van der Waals surface area (Å²) in [5.74, 6) is 0.199. The fourth-order valence-electron chi connectivity index (χ4n) is 3.63. The van der Waals surface area contributed by atoms with E-state index in [0.29, 0.717) is 5.41 Å². The van der Waals surface area contributed by atoms with Gasteiger partial charge in [-0.3, -0.25) is 4.79 Å². The Bertz CT molecular complexity index is 490. The van der Waals surface area contributed by atoms with Crippen LogP contribution < -0.4 is 5.32 Å². The van der Waals surface area contributed by atoms with Crippen LogP contribution in [-0.2, 0) is 7.05 Å². The lowest BCUT2D eigenvalue weighted by Crippen LogP contribution is -2.47. The normalized spacial score (nSPS) is 22.2. The molecule has 4 heteroatoms. The van der Waals surface area contributed by atoms with E-state index in [-0.39, 0.29) is 5.91 Å². The van der Waals surface area contributed by atoms with Crippen molar-refractivity contribution in [3.63, 3.8) is 0 Å². The average Bonchev–Trinajstić information content (AvgIpc) is 2.80. The van der Waals surface area contributed by atoms with Gasteiger partial charge in [-0.1, -0.05) is 0 Å². The maximum atomic E-state index is 12.6. The second-order valence-corrected chi connectivity index (χ2v) is 6.46. The summed E-state index contributed by atoms with van der Waals surface area (Å²) >= 11 is 0. The van der Waals surface area contributed by atoms with E-state index in [0.717, 1.165) is 37.6 Å². The van der Waals surface area contributed by atoms with Crippen molar-refractivity contribution in [2.24, 2.45) is 12.5 Å². The van der Waals surface area contributed by atoms with E-state index in [1.54, 1.807) is 0 Å². The van der Waals surface area contributed by atoms with Crippen molar-refractivity contribution in [2.75, 3.05) is 26.2 Å². The van der Waals surface area contributed by atoms with Gasteiger partial charge in [-0.15, -0.1) is 0 Å². The molecule has 110 valence electrons. The number of hydrogen-bond donors (Lipinski definition) is 1. The third-order valence-corrected chi connectivity index (χ3v) is 5.37. The third kappa shape index (κ3) is 2.37. The molecule has 0 aliphatic carbocycles. The van der Waals surface area contributed by atoms with Crippen molar-refractivity contribution in [1.29, 1.82) is 0 Å². The minimum absolute atomic E-state index is 0.199. The second kappa shape index (κ2) is 5.24. The molecule has 1 spiro atoms. The predicted molar refractivity (Wildman–Crippen MR) is 79.8 cm³/mol. The first-order chi connectivity index (χ1) is 9.61. The molecule has 1 N–H and O–H groups in total. The number of carbonyl (C=O) groups excluding carboxylic acids is 1. The van der Waals surface area contributed by atoms with Crippen LogP contribution in [0.2, 0.25) is 0 Å². The van der Waals surface area contributed by atoms with Gasteiger partial charge in [0.15, 0.2) is 0 Å². The molecule has 0 atom stereocenters. The number of piperidine rings is 2. The lowest BCUT2D eigenvalue weighted by Gasteiger charge is -2.44. The molecule has 2 aliphatic heterocycles. The van der Waals surface area contributed by atoms with E-state index in [4.69, 9.17) is 0 Å². The van der Waals surface area contributed by atoms with Crippen molar-refractivity contribution in [3.8, 4) is 0 Å². The van der Waals surface area contributed by atoms with E-state index in [1.807, 2.05) is 35.6 Å². The van der Waals surface area contributed by atoms with Crippen LogP contribution in [0, 0.1) is 12.3 Å². The van der Waals surface area contributed by atoms with Gasteiger partial charge in [-0.2, -0.15) is 0 Å². The standard InChI is InChI=1S/C16H25N3O/c1-13-3-4-14(18(13)2)15(20)19-11-7-16(8-12-19)5-9-17-10-6-16/h3-4,17H,5-12H2,1-2H3. The highest BCUT2D eigenvalue weighted by molar-refractivity contribution is 5.93. The zero-order valence-electron chi connectivity index (χ0n) is 12.6. The number of hydrogen-bond acceptors (Lipinski definition) is 2. The smallest absolute Gasteiger partial charge is 0.270 e. The van der Waals surface area contributed by atoms with E-state index in [9.17, 15) is 4.79 Å². The van der Waals surface area contributed by atoms with Crippen LogP contribution in [0.3, 0.4) is 0 Å². The molecule has 20 heavy (non-hydrogen) atoms. The molecule has 3 heterocycles. The molecular weight excluding hydrogens is 250 g/mol. The zero-order chi connectivity index (χ0) is 14.2. The molecule has 1 aromatic heterocycles. The largest absolute Gasteiger partial charge is 0.344 e. The van der Waals surface area contributed by atoms with Gasteiger partial charge in [0.1, 0.15) is 5.69 Å². The van der Waals surface area contributed by atoms with Gasteiger partial charge in [0.25, 0.3) is 5.91 Å². The molecule has 0 bridgehead atoms. The summed E-state index contributed by atoms with van der Waals surface area (Å²) in [7, 11) is 1.97. The van der Waals surface area contributed by atoms with Gasteiger partial charge in [0, 0.05) is 25.8 Å². The SMILES string of the molecule is Cc1ccc(C(=O)N2CCC3(CCNCC3)CC2)n1C. The maximum absolute atomic E-state index is 12.6. The summed E-state index contributed by atoms with van der Waals surface area (Å²) in [6, 6.07) is 3.97. The number of nitrogens with one attached hydrogen (secondary N) is 1. The van der Waals surface area contributed by atoms with E-state index in [1.165, 1.54) is 25.7 Å². The van der Waals surface area contributed by atoms with Crippen molar-refractivity contribution < 1.29 is 4.79 Å². The summed E-state index contributed by atoms with van der Waals surface area (Å²) in [6.07, 6.45) is 4.89. The molecule has 0 saturated carbocycles. The van der Waals surface area contributed by atoms with Crippen LogP contribution in [0.1, 0.15) is 41.9 Å². The van der Waals surface area contributed by atoms with Gasteiger partial charge in [-0.25, -0.2) is 0 Å². The number of aryl methyl sites for hydroxylation is 1. The highest BCUT2D eigenvalue weighted by Gasteiger charge is 2.37. The first-order valence-corrected chi connectivity index (χ1v) is 7.74. The highest BCUT2D eigenvalue weighted by Crippen LogP contribution is 2.39. The fourth-order valence-corrected chi connectivity index (χ4v) is 3.63. The van der Waals surface area contributed by atoms with Gasteiger partial charge in [0.2, 0.25) is 0 Å². The quantitative estimate of drug-likeness (QED) is 0.850. The van der Waals surface area contributed by atoms with Crippen LogP contribution in [0.15, 0.2) is 12.1 Å². The van der Waals surface area contributed by atoms with Crippen LogP contribution in [-0.4, -0.2) is 41.6 Å². The average molecular weight is 275 g/mol. The summed E-state index contributed by atoms with van der Waals surface area (Å²) in [6.45, 7) is 6.17. The lowest BCUT2D eigenvalue weighted by molar-refractivity contribution is 0.0487. The summed E-state index contributed by atoms with van der Waals surface area (Å²) in [5, 5.41) is 3.44. The molecule has 4 nitrogen and oxygen atoms in total. The Kier molecular flexibility index (Phi) is 3.59. The number of aromatic nitrogens is 1. The monoisotopic (exact) mass is 275 g/mol. The van der Waals surface area contributed by atoms with E-state index >= 15 is 0 Å². The predicted octanol–water partition coefficient (Wildman–Crippen LogP) is 1.94. The van der Waals surface area contributed by atoms with Crippen molar-refractivity contribution >= 4 is 5.91 Å². The van der Waals surface area contributed by atoms with E-state index < -0.39 is 0 Å². The summed E-state index contributed by atoms with van der Waals surface area (Å²) in [5.41, 5.74) is 2.47. The van der Waals surface area contributed by atoms with Gasteiger partial charge >= 0.3 is 0 Å². The number of rotatable bonds is 1. The third-order valence-electron chi connectivity index (χ3n) is 5.37. The fraction of sp³-hybridized carbons (Fsp3) is 0.688. The number of nitrogens with zero attached hydrogens (tertiary/aromatic N) is 2. The summed E-state index contributed by atoms with van der Waals surface area (Å²) in [4.78, 5) is 14.6. The second-order valence-electron chi connectivity index (χ2n) is 6.46. The zero-order valence-corrected chi connectivity index (χ0v) is 12.6. The van der Waals surface area contributed by atoms with Crippen LogP contribution in [0.25, 0.3) is 0 Å². The van der Waals surface area contributed by atoms with Gasteiger partial charge < -0.3 is 14.8 Å². The molecule has 0 radical (unpaired) electrons. The Morgan fingerprint density at radius 3 is 2.35 bits per heavy atom. The molecule has 0 aromatic carbocycles. The topological polar surface area (TPSA) is 37.3 Å². The van der Waals surface area contributed by atoms with Gasteiger partial charge in [0.05, 0.1) is 0 Å². The van der Waals surface area contributed by atoms with Crippen molar-refractivity contribution in [1.82, 2.24) is 14.8 Å². The maximum Gasteiger partial charge on any atom is 0.270 e. The van der Waals surface area contributed by atoms with Crippen LogP contribution >= 0.6 is 0 Å². The van der Waals surface area contributed by atoms with Crippen molar-refractivity contribution in [2.45, 2.75) is 32.6 Å². The Balaban J connectivity index is 1.66. The number of amides is 1. The minimum Gasteiger partial charge on any atom is -0.344 e. The molecule has 1 amide bonds. The molecule has 3 rings (SSSR count). The highest BCUT2D eigenvalue weighted by atomic mass is 16.2. The first-order valence-electron chi connectivity index (χ1n) is 7.74. The Morgan fingerprint density at radius 2 is 1.80 bits per heavy atom. The van der Waals surface area contributed by atoms with Crippen molar-refractivity contribution in [3.05, 3.63) is 23.5 Å².